The fraction of sp³-hybridized carbons (Fsp3) is 0.600. The van der Waals surface area contributed by atoms with Crippen LogP contribution in [0.4, 0.5) is 4.39 Å². The predicted octanol–water partition coefficient (Wildman–Crippen LogP) is 4.17. The van der Waals surface area contributed by atoms with E-state index in [9.17, 15) is 4.39 Å². The SMILES string of the molecule is CCCCCCCC(F)(CN)c1ccccc1. The van der Waals surface area contributed by atoms with Crippen LogP contribution in [0.15, 0.2) is 30.3 Å². The van der Waals surface area contributed by atoms with Crippen molar-refractivity contribution in [2.45, 2.75) is 51.1 Å². The van der Waals surface area contributed by atoms with E-state index in [2.05, 4.69) is 6.92 Å². The summed E-state index contributed by atoms with van der Waals surface area (Å²) in [6.45, 7) is 2.26. The summed E-state index contributed by atoms with van der Waals surface area (Å²) in [5.74, 6) is 0. The lowest BCUT2D eigenvalue weighted by molar-refractivity contribution is 0.155. The standard InChI is InChI=1S/C15H24FN/c1-2-3-4-5-9-12-15(16,13-17)14-10-7-6-8-11-14/h6-8,10-11H,2-5,9,12-13,17H2,1H3. The minimum atomic E-state index is -1.34. The van der Waals surface area contributed by atoms with Crippen LogP contribution in [0.1, 0.15) is 51.0 Å². The molecule has 1 atom stereocenters. The third kappa shape index (κ3) is 4.47. The molecule has 0 fully saturated rings. The lowest BCUT2D eigenvalue weighted by Crippen LogP contribution is -2.30. The summed E-state index contributed by atoms with van der Waals surface area (Å²) < 4.78 is 14.6. The minimum absolute atomic E-state index is 0.0742. The number of nitrogens with two attached hydrogens (primary N) is 1. The smallest absolute Gasteiger partial charge is 0.148 e. The zero-order valence-electron chi connectivity index (χ0n) is 10.8. The zero-order valence-corrected chi connectivity index (χ0v) is 10.8. The largest absolute Gasteiger partial charge is 0.327 e. The fourth-order valence-electron chi connectivity index (χ4n) is 2.11. The molecule has 0 amide bonds. The Labute approximate surface area is 104 Å². The molecule has 0 heterocycles. The van der Waals surface area contributed by atoms with Gasteiger partial charge in [0, 0.05) is 6.54 Å². The van der Waals surface area contributed by atoms with E-state index in [0.29, 0.717) is 6.42 Å². The van der Waals surface area contributed by atoms with E-state index < -0.39 is 5.67 Å². The van der Waals surface area contributed by atoms with Gasteiger partial charge in [-0.25, -0.2) is 4.39 Å². The normalized spacial score (nSPS) is 14.5. The van der Waals surface area contributed by atoms with E-state index in [-0.39, 0.29) is 6.54 Å². The van der Waals surface area contributed by atoms with Crippen molar-refractivity contribution < 1.29 is 4.39 Å². The zero-order chi connectivity index (χ0) is 12.6. The highest BCUT2D eigenvalue weighted by atomic mass is 19.1. The number of rotatable bonds is 8. The third-order valence-electron chi connectivity index (χ3n) is 3.29. The molecule has 0 aromatic heterocycles. The quantitative estimate of drug-likeness (QED) is 0.675. The molecule has 17 heavy (non-hydrogen) atoms. The van der Waals surface area contributed by atoms with Crippen LogP contribution in [-0.4, -0.2) is 6.54 Å². The van der Waals surface area contributed by atoms with Crippen molar-refractivity contribution in [1.82, 2.24) is 0 Å². The first-order chi connectivity index (χ1) is 8.23. The number of unbranched alkanes of at least 4 members (excludes halogenated alkanes) is 4. The Kier molecular flexibility index (Phi) is 6.20. The molecule has 96 valence electrons. The molecule has 0 spiro atoms. The number of benzene rings is 1. The van der Waals surface area contributed by atoms with E-state index in [4.69, 9.17) is 5.73 Å². The molecule has 0 bridgehead atoms. The topological polar surface area (TPSA) is 26.0 Å². The first kappa shape index (κ1) is 14.2. The van der Waals surface area contributed by atoms with E-state index >= 15 is 0 Å². The molecule has 2 heteroatoms. The van der Waals surface area contributed by atoms with Crippen LogP contribution in [0.3, 0.4) is 0 Å². The second kappa shape index (κ2) is 7.44. The molecule has 0 saturated heterocycles. The van der Waals surface area contributed by atoms with Gasteiger partial charge in [-0.1, -0.05) is 62.9 Å². The summed E-state index contributed by atoms with van der Waals surface area (Å²) in [5.41, 5.74) is 4.99. The van der Waals surface area contributed by atoms with Crippen molar-refractivity contribution in [3.63, 3.8) is 0 Å². The van der Waals surface area contributed by atoms with Gasteiger partial charge in [-0.2, -0.15) is 0 Å². The summed E-state index contributed by atoms with van der Waals surface area (Å²) in [6.07, 6.45) is 6.22. The molecule has 0 aliphatic rings. The van der Waals surface area contributed by atoms with Gasteiger partial charge in [0.05, 0.1) is 0 Å². The van der Waals surface area contributed by atoms with Gasteiger partial charge in [0.15, 0.2) is 0 Å². The van der Waals surface area contributed by atoms with Gasteiger partial charge in [-0.3, -0.25) is 0 Å². The van der Waals surface area contributed by atoms with E-state index in [0.717, 1.165) is 18.4 Å². The van der Waals surface area contributed by atoms with Crippen molar-refractivity contribution >= 4 is 0 Å². The maximum atomic E-state index is 14.6. The van der Waals surface area contributed by atoms with E-state index in [1.807, 2.05) is 30.3 Å². The highest BCUT2D eigenvalue weighted by molar-refractivity contribution is 5.22. The fourth-order valence-corrected chi connectivity index (χ4v) is 2.11. The summed E-state index contributed by atoms with van der Waals surface area (Å²) in [5, 5.41) is 0. The Bertz CT molecular complexity index is 299. The van der Waals surface area contributed by atoms with Crippen molar-refractivity contribution in [3.05, 3.63) is 35.9 Å². The molecular formula is C15H24FN. The molecule has 1 aromatic carbocycles. The molecule has 1 unspecified atom stereocenters. The predicted molar refractivity (Wildman–Crippen MR) is 71.7 cm³/mol. The van der Waals surface area contributed by atoms with Gasteiger partial charge in [-0.05, 0) is 18.4 Å². The van der Waals surface area contributed by atoms with Gasteiger partial charge in [-0.15, -0.1) is 0 Å². The van der Waals surface area contributed by atoms with Crippen LogP contribution in [0, 0.1) is 0 Å². The number of hydrogen-bond donors (Lipinski definition) is 1. The number of alkyl halides is 1. The molecule has 1 aromatic rings. The molecule has 0 aliphatic heterocycles. The van der Waals surface area contributed by atoms with E-state index in [1.54, 1.807) is 0 Å². The van der Waals surface area contributed by atoms with Gasteiger partial charge < -0.3 is 5.73 Å². The van der Waals surface area contributed by atoms with Crippen LogP contribution in [-0.2, 0) is 5.67 Å². The average Bonchev–Trinajstić information content (AvgIpc) is 2.39. The van der Waals surface area contributed by atoms with Crippen LogP contribution in [0.5, 0.6) is 0 Å². The molecule has 1 rings (SSSR count). The van der Waals surface area contributed by atoms with Crippen molar-refractivity contribution in [2.24, 2.45) is 5.73 Å². The molecule has 0 radical (unpaired) electrons. The maximum absolute atomic E-state index is 14.6. The van der Waals surface area contributed by atoms with E-state index in [1.165, 1.54) is 19.3 Å². The van der Waals surface area contributed by atoms with Crippen LogP contribution < -0.4 is 5.73 Å². The third-order valence-corrected chi connectivity index (χ3v) is 3.29. The van der Waals surface area contributed by atoms with Gasteiger partial charge >= 0.3 is 0 Å². The highest BCUT2D eigenvalue weighted by Gasteiger charge is 2.29. The maximum Gasteiger partial charge on any atom is 0.148 e. The first-order valence-electron chi connectivity index (χ1n) is 6.67. The highest BCUT2D eigenvalue weighted by Crippen LogP contribution is 2.30. The molecule has 0 aliphatic carbocycles. The summed E-state index contributed by atoms with van der Waals surface area (Å²) in [7, 11) is 0. The first-order valence-corrected chi connectivity index (χ1v) is 6.67. The van der Waals surface area contributed by atoms with Gasteiger partial charge in [0.1, 0.15) is 5.67 Å². The van der Waals surface area contributed by atoms with Gasteiger partial charge in [0.25, 0.3) is 0 Å². The molecule has 1 nitrogen and oxygen atoms in total. The Morgan fingerprint density at radius 2 is 1.71 bits per heavy atom. The second-order valence-electron chi connectivity index (χ2n) is 4.70. The minimum Gasteiger partial charge on any atom is -0.327 e. The Morgan fingerprint density at radius 3 is 2.29 bits per heavy atom. The summed E-state index contributed by atoms with van der Waals surface area (Å²) in [6, 6.07) is 9.31. The Balaban J connectivity index is 2.46. The molecule has 2 N–H and O–H groups in total. The molecule has 0 saturated carbocycles. The average molecular weight is 237 g/mol. The summed E-state index contributed by atoms with van der Waals surface area (Å²) in [4.78, 5) is 0. The number of halogens is 1. The Morgan fingerprint density at radius 1 is 1.06 bits per heavy atom. The second-order valence-corrected chi connectivity index (χ2v) is 4.70. The van der Waals surface area contributed by atoms with Gasteiger partial charge in [0.2, 0.25) is 0 Å². The van der Waals surface area contributed by atoms with Crippen molar-refractivity contribution in [1.29, 1.82) is 0 Å². The van der Waals surface area contributed by atoms with Crippen LogP contribution in [0.25, 0.3) is 0 Å². The Hall–Kier alpha value is -0.890. The number of hydrogen-bond acceptors (Lipinski definition) is 1. The van der Waals surface area contributed by atoms with Crippen LogP contribution in [0.2, 0.25) is 0 Å². The molecular weight excluding hydrogens is 213 g/mol. The lowest BCUT2D eigenvalue weighted by Gasteiger charge is -2.24. The van der Waals surface area contributed by atoms with Crippen LogP contribution >= 0.6 is 0 Å². The van der Waals surface area contributed by atoms with Crippen molar-refractivity contribution in [3.8, 4) is 0 Å². The lowest BCUT2D eigenvalue weighted by atomic mass is 9.90. The summed E-state index contributed by atoms with van der Waals surface area (Å²) >= 11 is 0. The van der Waals surface area contributed by atoms with Crippen molar-refractivity contribution in [2.75, 3.05) is 6.54 Å². The monoisotopic (exact) mass is 237 g/mol.